The number of halogens is 2. The number of likely N-dealkylation sites (tertiary alicyclic amines) is 1. The molecular formula is C16H19F2NO4. The van der Waals surface area contributed by atoms with E-state index in [1.807, 2.05) is 6.92 Å². The first-order valence-electron chi connectivity index (χ1n) is 7.41. The molecule has 0 bridgehead atoms. The highest BCUT2D eigenvalue weighted by Crippen LogP contribution is 2.24. The molecule has 2 rings (SSSR count). The Balaban J connectivity index is 1.84. The third kappa shape index (κ3) is 4.64. The molecule has 126 valence electrons. The molecule has 0 radical (unpaired) electrons. The fourth-order valence-electron chi connectivity index (χ4n) is 2.74. The number of hydrogen-bond acceptors (Lipinski definition) is 3. The third-order valence-corrected chi connectivity index (χ3v) is 4.06. The van der Waals surface area contributed by atoms with Gasteiger partial charge in [0.15, 0.2) is 0 Å². The molecule has 23 heavy (non-hydrogen) atoms. The van der Waals surface area contributed by atoms with Crippen molar-refractivity contribution in [2.24, 2.45) is 11.8 Å². The molecule has 2 atom stereocenters. The normalized spacial score (nSPS) is 20.8. The summed E-state index contributed by atoms with van der Waals surface area (Å²) in [6, 6.07) is 6.14. The number of rotatable bonds is 6. The van der Waals surface area contributed by atoms with E-state index in [1.165, 1.54) is 12.1 Å². The second-order valence-corrected chi connectivity index (χ2v) is 5.74. The second-order valence-electron chi connectivity index (χ2n) is 5.74. The SMILES string of the molecule is C[C@@H]1CN(C(=O)CCc2ccc(OC(F)F)cc2)C[C@H]1C(=O)O. The van der Waals surface area contributed by atoms with Gasteiger partial charge in [0, 0.05) is 19.5 Å². The highest BCUT2D eigenvalue weighted by Gasteiger charge is 2.36. The van der Waals surface area contributed by atoms with Crippen molar-refractivity contribution in [1.29, 1.82) is 0 Å². The number of carbonyl (C=O) groups is 2. The van der Waals surface area contributed by atoms with Gasteiger partial charge in [0.25, 0.3) is 0 Å². The molecule has 0 aliphatic carbocycles. The molecule has 0 unspecified atom stereocenters. The standard InChI is InChI=1S/C16H19F2NO4/c1-10-8-19(9-13(10)15(21)22)14(20)7-4-11-2-5-12(6-3-11)23-16(17)18/h2-3,5-6,10,13,16H,4,7-9H2,1H3,(H,21,22)/t10-,13-/m1/s1. The zero-order valence-corrected chi connectivity index (χ0v) is 12.7. The first-order chi connectivity index (χ1) is 10.9. The van der Waals surface area contributed by atoms with E-state index in [2.05, 4.69) is 4.74 Å². The lowest BCUT2D eigenvalue weighted by molar-refractivity contribution is -0.142. The average molecular weight is 327 g/mol. The summed E-state index contributed by atoms with van der Waals surface area (Å²) in [5.41, 5.74) is 0.835. The summed E-state index contributed by atoms with van der Waals surface area (Å²) in [6.07, 6.45) is 0.727. The molecule has 1 aromatic rings. The fraction of sp³-hybridized carbons (Fsp3) is 0.500. The summed E-state index contributed by atoms with van der Waals surface area (Å²) in [7, 11) is 0. The van der Waals surface area contributed by atoms with E-state index in [9.17, 15) is 18.4 Å². The average Bonchev–Trinajstić information content (AvgIpc) is 2.88. The van der Waals surface area contributed by atoms with Crippen molar-refractivity contribution < 1.29 is 28.2 Å². The van der Waals surface area contributed by atoms with Crippen LogP contribution < -0.4 is 4.74 Å². The van der Waals surface area contributed by atoms with Crippen LogP contribution in [0.5, 0.6) is 5.75 Å². The van der Waals surface area contributed by atoms with Gasteiger partial charge >= 0.3 is 12.6 Å². The first kappa shape index (κ1) is 17.2. The highest BCUT2D eigenvalue weighted by atomic mass is 19.3. The van der Waals surface area contributed by atoms with Crippen LogP contribution in [0, 0.1) is 11.8 Å². The summed E-state index contributed by atoms with van der Waals surface area (Å²) in [6.45, 7) is -0.330. The van der Waals surface area contributed by atoms with Gasteiger partial charge in [-0.3, -0.25) is 9.59 Å². The minimum atomic E-state index is -2.86. The molecule has 1 aromatic carbocycles. The number of aryl methyl sites for hydroxylation is 1. The van der Waals surface area contributed by atoms with E-state index in [4.69, 9.17) is 5.11 Å². The number of carbonyl (C=O) groups excluding carboxylic acids is 1. The summed E-state index contributed by atoms with van der Waals surface area (Å²) in [4.78, 5) is 24.8. The van der Waals surface area contributed by atoms with Crippen molar-refractivity contribution in [3.05, 3.63) is 29.8 Å². The number of benzene rings is 1. The fourth-order valence-corrected chi connectivity index (χ4v) is 2.74. The Morgan fingerprint density at radius 2 is 1.96 bits per heavy atom. The van der Waals surface area contributed by atoms with Crippen LogP contribution in [0.4, 0.5) is 8.78 Å². The maximum absolute atomic E-state index is 12.2. The van der Waals surface area contributed by atoms with Crippen LogP contribution >= 0.6 is 0 Å². The number of aliphatic carboxylic acids is 1. The van der Waals surface area contributed by atoms with Crippen LogP contribution in [0.25, 0.3) is 0 Å². The number of alkyl halides is 2. The molecule has 0 saturated carbocycles. The Bertz CT molecular complexity index is 562. The van der Waals surface area contributed by atoms with E-state index < -0.39 is 18.5 Å². The van der Waals surface area contributed by atoms with Gasteiger partial charge in [-0.05, 0) is 30.0 Å². The van der Waals surface area contributed by atoms with Crippen molar-refractivity contribution in [2.45, 2.75) is 26.4 Å². The summed E-state index contributed by atoms with van der Waals surface area (Å²) in [5.74, 6) is -1.45. The Labute approximate surface area is 132 Å². The van der Waals surface area contributed by atoms with Crippen molar-refractivity contribution in [2.75, 3.05) is 13.1 Å². The van der Waals surface area contributed by atoms with Gasteiger partial charge in [0.05, 0.1) is 5.92 Å². The topological polar surface area (TPSA) is 66.8 Å². The Kier molecular flexibility index (Phi) is 5.52. The van der Waals surface area contributed by atoms with Crippen LogP contribution in [0.2, 0.25) is 0 Å². The number of hydrogen-bond donors (Lipinski definition) is 1. The van der Waals surface area contributed by atoms with Crippen LogP contribution in [0.15, 0.2) is 24.3 Å². The number of ether oxygens (including phenoxy) is 1. The summed E-state index contributed by atoms with van der Waals surface area (Å²) < 4.78 is 28.4. The Morgan fingerprint density at radius 1 is 1.30 bits per heavy atom. The molecule has 1 heterocycles. The number of carboxylic acid groups (broad SMARTS) is 1. The minimum absolute atomic E-state index is 0.0535. The molecule has 1 aliphatic heterocycles. The molecule has 0 spiro atoms. The monoisotopic (exact) mass is 327 g/mol. The maximum Gasteiger partial charge on any atom is 0.387 e. The van der Waals surface area contributed by atoms with Gasteiger partial charge in [-0.25, -0.2) is 0 Å². The van der Waals surface area contributed by atoms with E-state index in [0.717, 1.165) is 5.56 Å². The lowest BCUT2D eigenvalue weighted by atomic mass is 9.99. The zero-order valence-electron chi connectivity index (χ0n) is 12.7. The van der Waals surface area contributed by atoms with Crippen molar-refractivity contribution >= 4 is 11.9 Å². The predicted octanol–water partition coefficient (Wildman–Crippen LogP) is 2.40. The summed E-state index contributed by atoms with van der Waals surface area (Å²) in [5, 5.41) is 9.08. The summed E-state index contributed by atoms with van der Waals surface area (Å²) >= 11 is 0. The first-order valence-corrected chi connectivity index (χ1v) is 7.41. The van der Waals surface area contributed by atoms with Crippen LogP contribution in [-0.2, 0) is 16.0 Å². The number of carboxylic acids is 1. The van der Waals surface area contributed by atoms with Gasteiger partial charge in [-0.15, -0.1) is 0 Å². The molecule has 1 amide bonds. The zero-order chi connectivity index (χ0) is 17.0. The predicted molar refractivity (Wildman–Crippen MR) is 78.3 cm³/mol. The molecule has 5 nitrogen and oxygen atoms in total. The molecular weight excluding hydrogens is 308 g/mol. The highest BCUT2D eigenvalue weighted by molar-refractivity contribution is 5.79. The van der Waals surface area contributed by atoms with Crippen molar-refractivity contribution in [3.8, 4) is 5.75 Å². The number of amides is 1. The Hall–Kier alpha value is -2.18. The van der Waals surface area contributed by atoms with Gasteiger partial charge in [-0.1, -0.05) is 19.1 Å². The maximum atomic E-state index is 12.2. The van der Waals surface area contributed by atoms with Crippen LogP contribution in [0.3, 0.4) is 0 Å². The van der Waals surface area contributed by atoms with E-state index in [-0.39, 0.29) is 30.5 Å². The van der Waals surface area contributed by atoms with Crippen molar-refractivity contribution in [3.63, 3.8) is 0 Å². The smallest absolute Gasteiger partial charge is 0.387 e. The van der Waals surface area contributed by atoms with Crippen LogP contribution in [-0.4, -0.2) is 41.6 Å². The molecule has 0 aromatic heterocycles. The van der Waals surface area contributed by atoms with Gasteiger partial charge in [0.2, 0.25) is 5.91 Å². The van der Waals surface area contributed by atoms with Crippen molar-refractivity contribution in [1.82, 2.24) is 4.90 Å². The van der Waals surface area contributed by atoms with Gasteiger partial charge < -0.3 is 14.7 Å². The lowest BCUT2D eigenvalue weighted by Gasteiger charge is -2.15. The Morgan fingerprint density at radius 3 is 2.48 bits per heavy atom. The quantitative estimate of drug-likeness (QED) is 0.871. The molecule has 1 saturated heterocycles. The number of nitrogens with zero attached hydrogens (tertiary/aromatic N) is 1. The molecule has 1 N–H and O–H groups in total. The van der Waals surface area contributed by atoms with Gasteiger partial charge in [-0.2, -0.15) is 8.78 Å². The molecule has 1 fully saturated rings. The molecule has 1 aliphatic rings. The largest absolute Gasteiger partial charge is 0.481 e. The van der Waals surface area contributed by atoms with Gasteiger partial charge in [0.1, 0.15) is 5.75 Å². The molecule has 7 heteroatoms. The van der Waals surface area contributed by atoms with E-state index in [1.54, 1.807) is 17.0 Å². The third-order valence-electron chi connectivity index (χ3n) is 4.06. The van der Waals surface area contributed by atoms with E-state index in [0.29, 0.717) is 13.0 Å². The lowest BCUT2D eigenvalue weighted by Crippen LogP contribution is -2.30. The van der Waals surface area contributed by atoms with E-state index >= 15 is 0 Å². The minimum Gasteiger partial charge on any atom is -0.481 e. The van der Waals surface area contributed by atoms with Crippen LogP contribution in [0.1, 0.15) is 18.9 Å². The second kappa shape index (κ2) is 7.39.